The largest absolute Gasteiger partial charge is 0.339 e. The number of hydrogen-bond acceptors (Lipinski definition) is 6. The van der Waals surface area contributed by atoms with Gasteiger partial charge in [-0.15, -0.1) is 21.5 Å². The van der Waals surface area contributed by atoms with E-state index in [1.807, 2.05) is 17.7 Å². The molecule has 2 aliphatic rings. The van der Waals surface area contributed by atoms with Crippen molar-refractivity contribution in [2.24, 2.45) is 0 Å². The van der Waals surface area contributed by atoms with Crippen molar-refractivity contribution in [2.75, 3.05) is 18.0 Å². The van der Waals surface area contributed by atoms with Crippen LogP contribution in [-0.4, -0.2) is 32.8 Å². The predicted molar refractivity (Wildman–Crippen MR) is 82.5 cm³/mol. The van der Waals surface area contributed by atoms with Gasteiger partial charge in [-0.2, -0.15) is 0 Å². The summed E-state index contributed by atoms with van der Waals surface area (Å²) in [7, 11) is 0. The summed E-state index contributed by atoms with van der Waals surface area (Å²) in [6.45, 7) is 6.86. The topological polar surface area (TPSA) is 58.9 Å². The van der Waals surface area contributed by atoms with E-state index in [1.54, 1.807) is 0 Å². The summed E-state index contributed by atoms with van der Waals surface area (Å²) < 4.78 is 2.13. The summed E-state index contributed by atoms with van der Waals surface area (Å²) in [5.74, 6) is 1.75. The summed E-state index contributed by atoms with van der Waals surface area (Å²) in [5.41, 5.74) is 1.34. The normalized spacial score (nSPS) is 18.0. The molecule has 7 heteroatoms. The molecular formula is C14H20N6S. The molecule has 0 unspecified atom stereocenters. The van der Waals surface area contributed by atoms with Gasteiger partial charge in [0.2, 0.25) is 0 Å². The second kappa shape index (κ2) is 5.38. The van der Waals surface area contributed by atoms with Crippen LogP contribution >= 0.6 is 11.3 Å². The first-order chi connectivity index (χ1) is 10.3. The fraction of sp³-hybridized carbons (Fsp3) is 0.643. The summed E-state index contributed by atoms with van der Waals surface area (Å²) >= 11 is 1.85. The molecular weight excluding hydrogens is 284 g/mol. The van der Waals surface area contributed by atoms with Crippen molar-refractivity contribution >= 4 is 16.5 Å². The van der Waals surface area contributed by atoms with Crippen molar-refractivity contribution in [1.82, 2.24) is 25.1 Å². The summed E-state index contributed by atoms with van der Waals surface area (Å²) in [5, 5.41) is 12.8. The third kappa shape index (κ3) is 2.55. The number of nitrogens with one attached hydrogen (secondary N) is 1. The van der Waals surface area contributed by atoms with Gasteiger partial charge in [0.15, 0.2) is 11.0 Å². The lowest BCUT2D eigenvalue weighted by Gasteiger charge is -2.26. The van der Waals surface area contributed by atoms with Crippen LogP contribution in [0, 0.1) is 0 Å². The first-order valence-electron chi connectivity index (χ1n) is 7.67. The van der Waals surface area contributed by atoms with Crippen LogP contribution in [0.3, 0.4) is 0 Å². The van der Waals surface area contributed by atoms with E-state index >= 15 is 0 Å². The molecule has 1 fully saturated rings. The van der Waals surface area contributed by atoms with E-state index in [1.165, 1.54) is 23.4 Å². The standard InChI is InChI=1S/C14H20N6S/c1-2-15-7-11-13(10-3-4-10)17-14(21-11)19-5-6-20-9-16-18-12(20)8-19/h9-10,15H,2-8H2,1H3. The first-order valence-corrected chi connectivity index (χ1v) is 8.48. The van der Waals surface area contributed by atoms with Crippen LogP contribution in [0.25, 0.3) is 0 Å². The fourth-order valence-corrected chi connectivity index (χ4v) is 3.90. The Morgan fingerprint density at radius 1 is 1.38 bits per heavy atom. The SMILES string of the molecule is CCNCc1sc(N2CCn3cnnc3C2)nc1C1CC1. The maximum absolute atomic E-state index is 4.95. The Hall–Kier alpha value is -1.47. The monoisotopic (exact) mass is 304 g/mol. The molecule has 3 heterocycles. The predicted octanol–water partition coefficient (Wildman–Crippen LogP) is 1.74. The van der Waals surface area contributed by atoms with Gasteiger partial charge in [-0.3, -0.25) is 0 Å². The summed E-state index contributed by atoms with van der Waals surface area (Å²) in [6.07, 6.45) is 4.42. The Balaban J connectivity index is 1.57. The number of hydrogen-bond donors (Lipinski definition) is 1. The highest BCUT2D eigenvalue weighted by molar-refractivity contribution is 7.15. The van der Waals surface area contributed by atoms with Gasteiger partial charge in [0.05, 0.1) is 12.2 Å². The average Bonchev–Trinajstić information content (AvgIpc) is 3.10. The Kier molecular flexibility index (Phi) is 3.39. The van der Waals surface area contributed by atoms with Gasteiger partial charge in [-0.05, 0) is 19.4 Å². The lowest BCUT2D eigenvalue weighted by molar-refractivity contribution is 0.559. The van der Waals surface area contributed by atoms with E-state index in [4.69, 9.17) is 4.98 Å². The molecule has 0 amide bonds. The van der Waals surface area contributed by atoms with Crippen molar-refractivity contribution in [3.8, 4) is 0 Å². The molecule has 2 aromatic rings. The van der Waals surface area contributed by atoms with Gasteiger partial charge in [-0.25, -0.2) is 4.98 Å². The van der Waals surface area contributed by atoms with Crippen molar-refractivity contribution in [3.05, 3.63) is 22.7 Å². The van der Waals surface area contributed by atoms with Crippen LogP contribution < -0.4 is 10.2 Å². The Labute approximate surface area is 128 Å². The van der Waals surface area contributed by atoms with E-state index < -0.39 is 0 Å². The Morgan fingerprint density at radius 2 is 2.29 bits per heavy atom. The van der Waals surface area contributed by atoms with E-state index in [0.717, 1.165) is 43.7 Å². The van der Waals surface area contributed by atoms with Gasteiger partial charge in [0, 0.05) is 30.4 Å². The number of thiazole rings is 1. The molecule has 0 atom stereocenters. The van der Waals surface area contributed by atoms with Crippen molar-refractivity contribution in [3.63, 3.8) is 0 Å². The molecule has 0 bridgehead atoms. The van der Waals surface area contributed by atoms with Gasteiger partial charge < -0.3 is 14.8 Å². The van der Waals surface area contributed by atoms with Crippen molar-refractivity contribution in [2.45, 2.75) is 45.3 Å². The van der Waals surface area contributed by atoms with Crippen molar-refractivity contribution in [1.29, 1.82) is 0 Å². The highest BCUT2D eigenvalue weighted by Crippen LogP contribution is 2.44. The van der Waals surface area contributed by atoms with Gasteiger partial charge in [-0.1, -0.05) is 6.92 Å². The molecule has 4 rings (SSSR count). The van der Waals surface area contributed by atoms with E-state index in [9.17, 15) is 0 Å². The maximum atomic E-state index is 4.95. The minimum absolute atomic E-state index is 0.706. The van der Waals surface area contributed by atoms with Gasteiger partial charge in [0.25, 0.3) is 0 Å². The van der Waals surface area contributed by atoms with E-state index in [2.05, 4.69) is 31.9 Å². The molecule has 6 nitrogen and oxygen atoms in total. The smallest absolute Gasteiger partial charge is 0.186 e. The molecule has 112 valence electrons. The second-order valence-corrected chi connectivity index (χ2v) is 6.78. The molecule has 1 aliphatic carbocycles. The lowest BCUT2D eigenvalue weighted by Crippen LogP contribution is -2.33. The zero-order chi connectivity index (χ0) is 14.2. The summed E-state index contributed by atoms with van der Waals surface area (Å²) in [4.78, 5) is 8.71. The lowest BCUT2D eigenvalue weighted by atomic mass is 10.2. The number of rotatable bonds is 5. The minimum atomic E-state index is 0.706. The highest BCUT2D eigenvalue weighted by Gasteiger charge is 2.31. The zero-order valence-corrected chi connectivity index (χ0v) is 13.1. The van der Waals surface area contributed by atoms with Crippen LogP contribution in [-0.2, 0) is 19.6 Å². The first kappa shape index (κ1) is 13.2. The molecule has 2 aromatic heterocycles. The zero-order valence-electron chi connectivity index (χ0n) is 12.2. The molecule has 0 spiro atoms. The Morgan fingerprint density at radius 3 is 3.10 bits per heavy atom. The van der Waals surface area contributed by atoms with E-state index in [-0.39, 0.29) is 0 Å². The van der Waals surface area contributed by atoms with Crippen LogP contribution in [0.15, 0.2) is 6.33 Å². The van der Waals surface area contributed by atoms with Gasteiger partial charge >= 0.3 is 0 Å². The quantitative estimate of drug-likeness (QED) is 0.912. The molecule has 0 radical (unpaired) electrons. The average molecular weight is 304 g/mol. The molecule has 0 saturated heterocycles. The number of nitrogens with zero attached hydrogens (tertiary/aromatic N) is 5. The molecule has 1 N–H and O–H groups in total. The molecule has 21 heavy (non-hydrogen) atoms. The van der Waals surface area contributed by atoms with Crippen LogP contribution in [0.1, 0.15) is 42.1 Å². The Bertz CT molecular complexity index is 629. The van der Waals surface area contributed by atoms with Crippen molar-refractivity contribution < 1.29 is 0 Å². The number of anilines is 1. The number of fused-ring (bicyclic) bond motifs is 1. The van der Waals surface area contributed by atoms with Crippen LogP contribution in [0.4, 0.5) is 5.13 Å². The van der Waals surface area contributed by atoms with Gasteiger partial charge in [0.1, 0.15) is 6.33 Å². The third-order valence-corrected chi connectivity index (χ3v) is 5.26. The molecule has 1 aliphatic heterocycles. The van der Waals surface area contributed by atoms with Crippen LogP contribution in [0.2, 0.25) is 0 Å². The summed E-state index contributed by atoms with van der Waals surface area (Å²) in [6, 6.07) is 0. The molecule has 0 aromatic carbocycles. The van der Waals surface area contributed by atoms with E-state index in [0.29, 0.717) is 5.92 Å². The van der Waals surface area contributed by atoms with Crippen LogP contribution in [0.5, 0.6) is 0 Å². The molecule has 1 saturated carbocycles. The third-order valence-electron chi connectivity index (χ3n) is 4.13. The highest BCUT2D eigenvalue weighted by atomic mass is 32.1. The maximum Gasteiger partial charge on any atom is 0.186 e. The number of aromatic nitrogens is 4. The minimum Gasteiger partial charge on any atom is -0.339 e. The second-order valence-electron chi connectivity index (χ2n) is 5.72. The fourth-order valence-electron chi connectivity index (χ4n) is 2.76.